The maximum absolute atomic E-state index is 12.7. The number of terminal acetylenes is 1. The molecule has 9 heteroatoms. The van der Waals surface area contributed by atoms with Gasteiger partial charge in [0.2, 0.25) is 0 Å². The Labute approximate surface area is 166 Å². The van der Waals surface area contributed by atoms with E-state index in [1.807, 2.05) is 4.90 Å². The SMILES string of the molecule is C#CCN(Cc1ccco1)C(=O)NC1CCN(c2ccc(C(F)(F)F)cn2)CC1. The van der Waals surface area contributed by atoms with Crippen LogP contribution >= 0.6 is 0 Å². The van der Waals surface area contributed by atoms with Crippen molar-refractivity contribution in [1.29, 1.82) is 0 Å². The van der Waals surface area contributed by atoms with Gasteiger partial charge in [-0.05, 0) is 37.1 Å². The first-order valence-corrected chi connectivity index (χ1v) is 9.16. The van der Waals surface area contributed by atoms with Crippen LogP contribution in [0.2, 0.25) is 0 Å². The van der Waals surface area contributed by atoms with Crippen LogP contribution in [0.4, 0.5) is 23.8 Å². The minimum Gasteiger partial charge on any atom is -0.467 e. The molecule has 0 saturated carbocycles. The lowest BCUT2D eigenvalue weighted by atomic mass is 10.1. The Balaban J connectivity index is 1.52. The number of carbonyl (C=O) groups is 1. The zero-order chi connectivity index (χ0) is 20.9. The van der Waals surface area contributed by atoms with E-state index in [0.29, 0.717) is 37.5 Å². The van der Waals surface area contributed by atoms with Crippen molar-refractivity contribution in [3.8, 4) is 12.3 Å². The second kappa shape index (κ2) is 8.90. The van der Waals surface area contributed by atoms with Crippen LogP contribution in [0.15, 0.2) is 41.1 Å². The summed E-state index contributed by atoms with van der Waals surface area (Å²) < 4.78 is 43.2. The van der Waals surface area contributed by atoms with Crippen LogP contribution in [-0.4, -0.2) is 41.6 Å². The van der Waals surface area contributed by atoms with E-state index < -0.39 is 11.7 Å². The predicted molar refractivity (Wildman–Crippen MR) is 101 cm³/mol. The highest BCUT2D eigenvalue weighted by molar-refractivity contribution is 5.74. The third kappa shape index (κ3) is 5.44. The molecule has 2 aromatic rings. The Morgan fingerprint density at radius 2 is 2.10 bits per heavy atom. The number of urea groups is 1. The molecule has 1 aliphatic heterocycles. The first-order chi connectivity index (χ1) is 13.9. The van der Waals surface area contributed by atoms with Crippen LogP contribution in [-0.2, 0) is 12.7 Å². The lowest BCUT2D eigenvalue weighted by Gasteiger charge is -2.34. The number of hydrogen-bond acceptors (Lipinski definition) is 4. The van der Waals surface area contributed by atoms with Gasteiger partial charge < -0.3 is 19.5 Å². The van der Waals surface area contributed by atoms with Crippen LogP contribution in [0.1, 0.15) is 24.2 Å². The van der Waals surface area contributed by atoms with E-state index in [1.54, 1.807) is 12.1 Å². The number of furan rings is 1. The Hall–Kier alpha value is -3.15. The first kappa shape index (κ1) is 20.6. The van der Waals surface area contributed by atoms with Gasteiger partial charge in [-0.3, -0.25) is 0 Å². The molecule has 3 rings (SSSR count). The van der Waals surface area contributed by atoms with Gasteiger partial charge in [0, 0.05) is 25.3 Å². The molecule has 0 atom stereocenters. The van der Waals surface area contributed by atoms with E-state index >= 15 is 0 Å². The summed E-state index contributed by atoms with van der Waals surface area (Å²) in [6, 6.07) is 5.59. The van der Waals surface area contributed by atoms with Crippen LogP contribution in [0.25, 0.3) is 0 Å². The summed E-state index contributed by atoms with van der Waals surface area (Å²) in [6.07, 6.45) is 4.64. The maximum atomic E-state index is 12.7. The highest BCUT2D eigenvalue weighted by Crippen LogP contribution is 2.29. The highest BCUT2D eigenvalue weighted by atomic mass is 19.4. The van der Waals surface area contributed by atoms with Gasteiger partial charge in [0.05, 0.1) is 24.9 Å². The molecule has 29 heavy (non-hydrogen) atoms. The molecular weight excluding hydrogens is 385 g/mol. The van der Waals surface area contributed by atoms with Crippen molar-refractivity contribution in [2.75, 3.05) is 24.5 Å². The van der Waals surface area contributed by atoms with Crippen LogP contribution in [0, 0.1) is 12.3 Å². The number of alkyl halides is 3. The summed E-state index contributed by atoms with van der Waals surface area (Å²) in [5.41, 5.74) is -0.770. The Morgan fingerprint density at radius 3 is 2.66 bits per heavy atom. The molecule has 2 aromatic heterocycles. The van der Waals surface area contributed by atoms with Gasteiger partial charge in [0.15, 0.2) is 0 Å². The lowest BCUT2D eigenvalue weighted by molar-refractivity contribution is -0.137. The number of nitrogens with one attached hydrogen (secondary N) is 1. The molecule has 1 N–H and O–H groups in total. The molecule has 0 unspecified atom stereocenters. The number of anilines is 1. The normalized spacial score (nSPS) is 15.0. The second-order valence-corrected chi connectivity index (χ2v) is 6.75. The summed E-state index contributed by atoms with van der Waals surface area (Å²) in [7, 11) is 0. The minimum atomic E-state index is -4.40. The maximum Gasteiger partial charge on any atom is 0.417 e. The molecule has 6 nitrogen and oxygen atoms in total. The standard InChI is InChI=1S/C20H21F3N4O2/c1-2-9-27(14-17-4-3-12-29-17)19(28)25-16-7-10-26(11-8-16)18-6-5-15(13-24-18)20(21,22)23/h1,3-6,12-13,16H,7-11,14H2,(H,25,28). The summed E-state index contributed by atoms with van der Waals surface area (Å²) in [5.74, 6) is 3.60. The average molecular weight is 406 g/mol. The molecule has 1 saturated heterocycles. The highest BCUT2D eigenvalue weighted by Gasteiger charge is 2.31. The van der Waals surface area contributed by atoms with Gasteiger partial charge >= 0.3 is 12.2 Å². The fraction of sp³-hybridized carbons (Fsp3) is 0.400. The fourth-order valence-corrected chi connectivity index (χ4v) is 3.16. The molecule has 0 aromatic carbocycles. The van der Waals surface area contributed by atoms with Crippen molar-refractivity contribution in [2.45, 2.75) is 31.6 Å². The Bertz CT molecular complexity index is 836. The van der Waals surface area contributed by atoms with E-state index in [9.17, 15) is 18.0 Å². The zero-order valence-corrected chi connectivity index (χ0v) is 15.7. The summed E-state index contributed by atoms with van der Waals surface area (Å²) in [5, 5.41) is 2.97. The van der Waals surface area contributed by atoms with Crippen LogP contribution in [0.5, 0.6) is 0 Å². The third-order valence-corrected chi connectivity index (χ3v) is 4.72. The summed E-state index contributed by atoms with van der Waals surface area (Å²) in [6.45, 7) is 1.59. The number of piperidine rings is 1. The molecule has 0 bridgehead atoms. The molecule has 1 fully saturated rings. The molecule has 1 aliphatic rings. The van der Waals surface area contributed by atoms with Crippen LogP contribution < -0.4 is 10.2 Å². The number of carbonyl (C=O) groups excluding carboxylic acids is 1. The first-order valence-electron chi connectivity index (χ1n) is 9.16. The summed E-state index contributed by atoms with van der Waals surface area (Å²) in [4.78, 5) is 19.9. The van der Waals surface area contributed by atoms with Crippen molar-refractivity contribution in [2.24, 2.45) is 0 Å². The van der Waals surface area contributed by atoms with E-state index in [-0.39, 0.29) is 25.2 Å². The van der Waals surface area contributed by atoms with Gasteiger partial charge in [0.1, 0.15) is 11.6 Å². The number of hydrogen-bond donors (Lipinski definition) is 1. The van der Waals surface area contributed by atoms with E-state index in [4.69, 9.17) is 10.8 Å². The molecule has 2 amide bonds. The molecule has 0 radical (unpaired) electrons. The van der Waals surface area contributed by atoms with E-state index in [1.165, 1.54) is 17.2 Å². The van der Waals surface area contributed by atoms with Gasteiger partial charge in [-0.1, -0.05) is 5.92 Å². The zero-order valence-electron chi connectivity index (χ0n) is 15.7. The largest absolute Gasteiger partial charge is 0.467 e. The number of halogens is 3. The van der Waals surface area contributed by atoms with Crippen LogP contribution in [0.3, 0.4) is 0 Å². The number of aromatic nitrogens is 1. The monoisotopic (exact) mass is 406 g/mol. The Kier molecular flexibility index (Phi) is 6.32. The van der Waals surface area contributed by atoms with E-state index in [2.05, 4.69) is 16.2 Å². The second-order valence-electron chi connectivity index (χ2n) is 6.75. The third-order valence-electron chi connectivity index (χ3n) is 4.72. The summed E-state index contributed by atoms with van der Waals surface area (Å²) >= 11 is 0. The molecular formula is C20H21F3N4O2. The van der Waals surface area contributed by atoms with E-state index in [0.717, 1.165) is 12.3 Å². The van der Waals surface area contributed by atoms with Gasteiger partial charge in [0.25, 0.3) is 0 Å². The smallest absolute Gasteiger partial charge is 0.417 e. The molecule has 0 aliphatic carbocycles. The van der Waals surface area contributed by atoms with Crippen molar-refractivity contribution in [3.63, 3.8) is 0 Å². The van der Waals surface area contributed by atoms with Gasteiger partial charge in [-0.2, -0.15) is 13.2 Å². The number of nitrogens with zero attached hydrogens (tertiary/aromatic N) is 3. The van der Waals surface area contributed by atoms with Crippen molar-refractivity contribution >= 4 is 11.8 Å². The fourth-order valence-electron chi connectivity index (χ4n) is 3.16. The predicted octanol–water partition coefficient (Wildman–Crippen LogP) is 3.51. The number of rotatable bonds is 5. The van der Waals surface area contributed by atoms with Crippen molar-refractivity contribution < 1.29 is 22.4 Å². The topological polar surface area (TPSA) is 61.6 Å². The molecule has 0 spiro atoms. The van der Waals surface area contributed by atoms with Gasteiger partial charge in [-0.25, -0.2) is 9.78 Å². The quantitative estimate of drug-likeness (QED) is 0.772. The molecule has 3 heterocycles. The van der Waals surface area contributed by atoms with Gasteiger partial charge in [-0.15, -0.1) is 6.42 Å². The minimum absolute atomic E-state index is 0.0509. The number of amides is 2. The molecule has 154 valence electrons. The Morgan fingerprint density at radius 1 is 1.34 bits per heavy atom. The van der Waals surface area contributed by atoms with Crippen molar-refractivity contribution in [3.05, 3.63) is 48.0 Å². The average Bonchev–Trinajstić information content (AvgIpc) is 3.21. The van der Waals surface area contributed by atoms with Crippen molar-refractivity contribution in [1.82, 2.24) is 15.2 Å². The lowest BCUT2D eigenvalue weighted by Crippen LogP contribution is -2.49. The number of pyridine rings is 1.